The predicted molar refractivity (Wildman–Crippen MR) is 86.9 cm³/mol. The predicted octanol–water partition coefficient (Wildman–Crippen LogP) is 3.10. The van der Waals surface area contributed by atoms with E-state index in [1.165, 1.54) is 0 Å². The molecule has 1 atom stereocenters. The number of aromatic amines is 1. The molecule has 6 nitrogen and oxygen atoms in total. The van der Waals surface area contributed by atoms with Crippen LogP contribution < -0.4 is 11.1 Å². The molecule has 0 bridgehead atoms. The molecule has 3 aromatic rings. The Morgan fingerprint density at radius 1 is 1.45 bits per heavy atom. The summed E-state index contributed by atoms with van der Waals surface area (Å²) < 4.78 is 5.31. The van der Waals surface area contributed by atoms with E-state index in [1.54, 1.807) is 6.26 Å². The number of hydrogen-bond donors (Lipinski definition) is 3. The van der Waals surface area contributed by atoms with Crippen LogP contribution in [0.15, 0.2) is 28.9 Å². The van der Waals surface area contributed by atoms with Gasteiger partial charge < -0.3 is 20.5 Å². The number of H-pyrrole nitrogens is 1. The average molecular weight is 320 g/mol. The van der Waals surface area contributed by atoms with Crippen LogP contribution in [-0.4, -0.2) is 21.0 Å². The summed E-state index contributed by atoms with van der Waals surface area (Å²) in [7, 11) is 0. The minimum atomic E-state index is 0.121. The fraction of sp³-hybridized carbons (Fsp3) is 0.333. The lowest BCUT2D eigenvalue weighted by atomic mass is 10.1. The van der Waals surface area contributed by atoms with Crippen molar-refractivity contribution in [2.45, 2.75) is 32.4 Å². The zero-order valence-corrected chi connectivity index (χ0v) is 13.0. The lowest BCUT2D eigenvalue weighted by Gasteiger charge is -2.05. The van der Waals surface area contributed by atoms with Gasteiger partial charge >= 0.3 is 0 Å². The Morgan fingerprint density at radius 2 is 2.32 bits per heavy atom. The van der Waals surface area contributed by atoms with Crippen LogP contribution in [0.3, 0.4) is 0 Å². The molecule has 0 saturated carbocycles. The fourth-order valence-electron chi connectivity index (χ4n) is 2.29. The van der Waals surface area contributed by atoms with Gasteiger partial charge in [0.2, 0.25) is 5.28 Å². The molecule has 3 rings (SSSR count). The van der Waals surface area contributed by atoms with E-state index in [1.807, 2.05) is 18.2 Å². The highest BCUT2D eigenvalue weighted by molar-refractivity contribution is 6.28. The highest BCUT2D eigenvalue weighted by atomic mass is 35.5. The van der Waals surface area contributed by atoms with Crippen LogP contribution in [0.2, 0.25) is 5.28 Å². The number of nitrogens with zero attached hydrogens (tertiary/aromatic N) is 2. The maximum atomic E-state index is 6.01. The van der Waals surface area contributed by atoms with Crippen LogP contribution in [0, 0.1) is 0 Å². The van der Waals surface area contributed by atoms with E-state index in [0.717, 1.165) is 29.7 Å². The molecular weight excluding hydrogens is 302 g/mol. The Hall–Kier alpha value is -2.05. The number of nitrogens with one attached hydrogen (secondary N) is 2. The van der Waals surface area contributed by atoms with E-state index < -0.39 is 0 Å². The lowest BCUT2D eigenvalue weighted by molar-refractivity contribution is 0.518. The molecule has 3 heterocycles. The summed E-state index contributed by atoms with van der Waals surface area (Å²) >= 11 is 6.00. The standard InChI is InChI=1S/C15H18ClN5O/c1-2-9(17)6-10-7-12-13(18-8-11-4-3-5-22-11)20-15(16)21-14(12)19-10/h3-5,7,9H,2,6,8,17H2,1H3,(H2,18,19,20,21)/t9-/m0/s1. The Labute approximate surface area is 133 Å². The van der Waals surface area contributed by atoms with Gasteiger partial charge in [0.25, 0.3) is 0 Å². The molecule has 0 spiro atoms. The molecule has 3 aromatic heterocycles. The van der Waals surface area contributed by atoms with E-state index in [9.17, 15) is 0 Å². The summed E-state index contributed by atoms with van der Waals surface area (Å²) in [4.78, 5) is 11.7. The van der Waals surface area contributed by atoms with Gasteiger partial charge in [0.15, 0.2) is 0 Å². The van der Waals surface area contributed by atoms with Crippen molar-refractivity contribution in [3.63, 3.8) is 0 Å². The second-order valence-electron chi connectivity index (χ2n) is 5.20. The SMILES string of the molecule is CC[C@H](N)Cc1cc2c(NCc3ccco3)nc(Cl)nc2[nH]1. The third-order valence-electron chi connectivity index (χ3n) is 3.53. The quantitative estimate of drug-likeness (QED) is 0.607. The van der Waals surface area contributed by atoms with Crippen molar-refractivity contribution in [3.05, 3.63) is 41.2 Å². The molecule has 4 N–H and O–H groups in total. The van der Waals surface area contributed by atoms with Crippen LogP contribution >= 0.6 is 11.6 Å². The first-order chi connectivity index (χ1) is 10.7. The monoisotopic (exact) mass is 319 g/mol. The highest BCUT2D eigenvalue weighted by Gasteiger charge is 2.12. The number of halogens is 1. The first-order valence-corrected chi connectivity index (χ1v) is 7.60. The van der Waals surface area contributed by atoms with Crippen molar-refractivity contribution in [2.24, 2.45) is 5.73 Å². The van der Waals surface area contributed by atoms with Crippen molar-refractivity contribution in [2.75, 3.05) is 5.32 Å². The molecule has 0 aliphatic heterocycles. The molecule has 0 aliphatic carbocycles. The van der Waals surface area contributed by atoms with Gasteiger partial charge in [-0.3, -0.25) is 0 Å². The van der Waals surface area contributed by atoms with E-state index in [0.29, 0.717) is 18.0 Å². The minimum Gasteiger partial charge on any atom is -0.467 e. The lowest BCUT2D eigenvalue weighted by Crippen LogP contribution is -2.21. The number of hydrogen-bond acceptors (Lipinski definition) is 5. The largest absolute Gasteiger partial charge is 0.467 e. The summed E-state index contributed by atoms with van der Waals surface area (Å²) in [5.74, 6) is 1.51. The van der Waals surface area contributed by atoms with Gasteiger partial charge in [0, 0.05) is 18.2 Å². The molecule has 0 fully saturated rings. The van der Waals surface area contributed by atoms with E-state index >= 15 is 0 Å². The summed E-state index contributed by atoms with van der Waals surface area (Å²) in [6.07, 6.45) is 3.33. The van der Waals surface area contributed by atoms with Gasteiger partial charge in [-0.05, 0) is 36.2 Å². The maximum absolute atomic E-state index is 6.01. The number of aromatic nitrogens is 3. The number of fused-ring (bicyclic) bond motifs is 1. The number of rotatable bonds is 6. The van der Waals surface area contributed by atoms with Crippen molar-refractivity contribution in [3.8, 4) is 0 Å². The first kappa shape index (κ1) is 14.9. The van der Waals surface area contributed by atoms with Gasteiger partial charge in [-0.25, -0.2) is 4.98 Å². The molecule has 0 amide bonds. The first-order valence-electron chi connectivity index (χ1n) is 7.22. The number of furan rings is 1. The molecule has 0 radical (unpaired) electrons. The molecule has 7 heteroatoms. The molecule has 116 valence electrons. The third kappa shape index (κ3) is 3.23. The zero-order valence-electron chi connectivity index (χ0n) is 12.3. The van der Waals surface area contributed by atoms with Gasteiger partial charge in [-0.1, -0.05) is 6.92 Å². The van der Waals surface area contributed by atoms with E-state index in [-0.39, 0.29) is 11.3 Å². The van der Waals surface area contributed by atoms with Gasteiger partial charge in [-0.2, -0.15) is 4.98 Å². The van der Waals surface area contributed by atoms with E-state index in [4.69, 9.17) is 21.8 Å². The zero-order chi connectivity index (χ0) is 15.5. The van der Waals surface area contributed by atoms with Crippen LogP contribution in [0.1, 0.15) is 24.8 Å². The third-order valence-corrected chi connectivity index (χ3v) is 3.70. The van der Waals surface area contributed by atoms with Crippen molar-refractivity contribution in [1.29, 1.82) is 0 Å². The molecule has 0 aliphatic rings. The van der Waals surface area contributed by atoms with E-state index in [2.05, 4.69) is 27.2 Å². The summed E-state index contributed by atoms with van der Waals surface area (Å²) in [5, 5.41) is 4.33. The minimum absolute atomic E-state index is 0.121. The molecule has 0 aromatic carbocycles. The maximum Gasteiger partial charge on any atom is 0.226 e. The van der Waals surface area contributed by atoms with Gasteiger partial charge in [0.1, 0.15) is 17.2 Å². The average Bonchev–Trinajstić information content (AvgIpc) is 3.13. The molecule has 0 saturated heterocycles. The summed E-state index contributed by atoms with van der Waals surface area (Å²) in [6, 6.07) is 5.89. The normalized spacial score (nSPS) is 12.7. The van der Waals surface area contributed by atoms with Crippen LogP contribution in [-0.2, 0) is 13.0 Å². The second-order valence-corrected chi connectivity index (χ2v) is 5.54. The van der Waals surface area contributed by atoms with Crippen LogP contribution in [0.25, 0.3) is 11.0 Å². The van der Waals surface area contributed by atoms with Gasteiger partial charge in [-0.15, -0.1) is 0 Å². The van der Waals surface area contributed by atoms with Crippen molar-refractivity contribution < 1.29 is 4.42 Å². The summed E-state index contributed by atoms with van der Waals surface area (Å²) in [6.45, 7) is 2.60. The Kier molecular flexibility index (Phi) is 4.31. The van der Waals surface area contributed by atoms with Crippen LogP contribution in [0.5, 0.6) is 0 Å². The van der Waals surface area contributed by atoms with Gasteiger partial charge in [0.05, 0.1) is 18.2 Å². The van der Waals surface area contributed by atoms with Crippen molar-refractivity contribution >= 4 is 28.5 Å². The topological polar surface area (TPSA) is 92.8 Å². The summed E-state index contributed by atoms with van der Waals surface area (Å²) in [5.41, 5.74) is 7.75. The molecule has 0 unspecified atom stereocenters. The molecule has 22 heavy (non-hydrogen) atoms. The fourth-order valence-corrected chi connectivity index (χ4v) is 2.46. The number of nitrogens with two attached hydrogens (primary N) is 1. The smallest absolute Gasteiger partial charge is 0.226 e. The Bertz CT molecular complexity index is 753. The number of anilines is 1. The highest BCUT2D eigenvalue weighted by Crippen LogP contribution is 2.24. The second kappa shape index (κ2) is 6.37. The Balaban J connectivity index is 1.87. The molecular formula is C15H18ClN5O. The van der Waals surface area contributed by atoms with Crippen LogP contribution in [0.4, 0.5) is 5.82 Å². The van der Waals surface area contributed by atoms with Crippen molar-refractivity contribution in [1.82, 2.24) is 15.0 Å². The Morgan fingerprint density at radius 3 is 3.05 bits per heavy atom.